The van der Waals surface area contributed by atoms with Gasteiger partial charge < -0.3 is 5.32 Å². The molecule has 1 unspecified atom stereocenters. The number of benzene rings is 1. The quantitative estimate of drug-likeness (QED) is 0.678. The summed E-state index contributed by atoms with van der Waals surface area (Å²) in [4.78, 5) is 0. The molecule has 0 aromatic heterocycles. The van der Waals surface area contributed by atoms with Gasteiger partial charge >= 0.3 is 0 Å². The second-order valence-corrected chi connectivity index (χ2v) is 6.77. The maximum atomic E-state index is 13.1. The summed E-state index contributed by atoms with van der Waals surface area (Å²) in [5.74, 6) is 0.473. The minimum atomic E-state index is -0.162. The molecule has 114 valence electrons. The molecule has 0 amide bonds. The zero-order valence-corrected chi connectivity index (χ0v) is 13.7. The highest BCUT2D eigenvalue weighted by atomic mass is 19.1. The molecule has 0 saturated heterocycles. The molecule has 0 bridgehead atoms. The van der Waals surface area contributed by atoms with Crippen LogP contribution < -0.4 is 5.32 Å². The fourth-order valence-corrected chi connectivity index (χ4v) is 2.08. The van der Waals surface area contributed by atoms with Gasteiger partial charge in [-0.15, -0.1) is 0 Å². The van der Waals surface area contributed by atoms with Crippen molar-refractivity contribution in [1.29, 1.82) is 0 Å². The highest BCUT2D eigenvalue weighted by Gasteiger charge is 2.23. The lowest BCUT2D eigenvalue weighted by molar-refractivity contribution is 0.225. The largest absolute Gasteiger partial charge is 0.309 e. The molecular weight excluding hydrogens is 249 g/mol. The van der Waals surface area contributed by atoms with Crippen molar-refractivity contribution in [1.82, 2.24) is 5.32 Å². The minimum absolute atomic E-state index is 0.162. The number of rotatable bonds is 8. The molecule has 20 heavy (non-hydrogen) atoms. The molecule has 1 nitrogen and oxygen atoms in total. The van der Waals surface area contributed by atoms with Gasteiger partial charge in [0, 0.05) is 12.6 Å². The van der Waals surface area contributed by atoms with Crippen molar-refractivity contribution in [3.63, 3.8) is 0 Å². The first-order valence-electron chi connectivity index (χ1n) is 7.85. The molecule has 1 N–H and O–H groups in total. The minimum Gasteiger partial charge on any atom is -0.309 e. The third-order valence-electron chi connectivity index (χ3n) is 4.49. The normalized spacial score (nSPS) is 13.8. The van der Waals surface area contributed by atoms with Crippen LogP contribution in [0.1, 0.15) is 65.5 Å². The van der Waals surface area contributed by atoms with E-state index in [0.717, 1.165) is 13.0 Å². The molecule has 0 aliphatic heterocycles. The molecule has 0 saturated carbocycles. The van der Waals surface area contributed by atoms with E-state index in [2.05, 4.69) is 39.9 Å². The maximum absolute atomic E-state index is 13.1. The molecule has 0 heterocycles. The highest BCUT2D eigenvalue weighted by Crippen LogP contribution is 2.27. The number of hydrogen-bond acceptors (Lipinski definition) is 1. The third-order valence-corrected chi connectivity index (χ3v) is 4.49. The monoisotopic (exact) mass is 279 g/mol. The molecule has 0 radical (unpaired) electrons. The number of nitrogens with one attached hydrogen (secondary N) is 1. The Bertz CT molecular complexity index is 381. The first-order chi connectivity index (χ1) is 9.36. The van der Waals surface area contributed by atoms with Gasteiger partial charge in [-0.3, -0.25) is 0 Å². The zero-order chi connectivity index (χ0) is 15.2. The molecule has 2 heteroatoms. The molecule has 1 aromatic rings. The Hall–Kier alpha value is -0.890. The topological polar surface area (TPSA) is 12.0 Å². The van der Waals surface area contributed by atoms with Crippen LogP contribution >= 0.6 is 0 Å². The van der Waals surface area contributed by atoms with Gasteiger partial charge in [0.25, 0.3) is 0 Å². The van der Waals surface area contributed by atoms with Crippen molar-refractivity contribution in [3.05, 3.63) is 35.6 Å². The van der Waals surface area contributed by atoms with Crippen LogP contribution in [0.15, 0.2) is 24.3 Å². The summed E-state index contributed by atoms with van der Waals surface area (Å²) >= 11 is 0. The van der Waals surface area contributed by atoms with Crippen molar-refractivity contribution in [2.24, 2.45) is 11.3 Å². The molecule has 0 aliphatic carbocycles. The van der Waals surface area contributed by atoms with Crippen molar-refractivity contribution in [3.8, 4) is 0 Å². The molecule has 1 aromatic carbocycles. The van der Waals surface area contributed by atoms with Gasteiger partial charge in [0.15, 0.2) is 0 Å². The Morgan fingerprint density at radius 1 is 1.15 bits per heavy atom. The Morgan fingerprint density at radius 3 is 2.25 bits per heavy atom. The zero-order valence-electron chi connectivity index (χ0n) is 13.7. The molecule has 0 spiro atoms. The van der Waals surface area contributed by atoms with E-state index < -0.39 is 0 Å². The summed E-state index contributed by atoms with van der Waals surface area (Å²) in [6.45, 7) is 12.3. The summed E-state index contributed by atoms with van der Waals surface area (Å²) < 4.78 is 13.1. The fraction of sp³-hybridized carbons (Fsp3) is 0.667. The van der Waals surface area contributed by atoms with Crippen molar-refractivity contribution < 1.29 is 4.39 Å². The van der Waals surface area contributed by atoms with Gasteiger partial charge in [0.05, 0.1) is 0 Å². The predicted octanol–water partition coefficient (Wildman–Crippen LogP) is 5.33. The maximum Gasteiger partial charge on any atom is 0.123 e. The second kappa shape index (κ2) is 7.78. The first kappa shape index (κ1) is 17.2. The number of unbranched alkanes of at least 4 members (excludes halogenated alkanes) is 1. The van der Waals surface area contributed by atoms with Crippen molar-refractivity contribution in [2.75, 3.05) is 6.54 Å². The van der Waals surface area contributed by atoms with Crippen LogP contribution in [0.25, 0.3) is 0 Å². The lowest BCUT2D eigenvalue weighted by Crippen LogP contribution is -2.35. The van der Waals surface area contributed by atoms with E-state index in [9.17, 15) is 4.39 Å². The molecular formula is C18H30FN. The molecule has 1 atom stereocenters. The lowest BCUT2D eigenvalue weighted by atomic mass is 9.81. The highest BCUT2D eigenvalue weighted by molar-refractivity contribution is 5.20. The summed E-state index contributed by atoms with van der Waals surface area (Å²) in [6.07, 6.45) is 3.49. The van der Waals surface area contributed by atoms with Crippen LogP contribution in [0.3, 0.4) is 0 Å². The Balaban J connectivity index is 2.72. The second-order valence-electron chi connectivity index (χ2n) is 6.77. The van der Waals surface area contributed by atoms with Gasteiger partial charge in [-0.1, -0.05) is 59.6 Å². The molecule has 0 aliphatic rings. The van der Waals surface area contributed by atoms with E-state index in [0.29, 0.717) is 12.0 Å². The molecule has 1 rings (SSSR count). The van der Waals surface area contributed by atoms with Crippen LogP contribution in [0.5, 0.6) is 0 Å². The van der Waals surface area contributed by atoms with Crippen LogP contribution in [0.2, 0.25) is 0 Å². The van der Waals surface area contributed by atoms with E-state index in [1.807, 2.05) is 12.1 Å². The average molecular weight is 279 g/mol. The summed E-state index contributed by atoms with van der Waals surface area (Å²) in [5, 5.41) is 3.69. The van der Waals surface area contributed by atoms with E-state index >= 15 is 0 Å². The van der Waals surface area contributed by atoms with Crippen molar-refractivity contribution >= 4 is 0 Å². The van der Waals surface area contributed by atoms with Gasteiger partial charge in [-0.25, -0.2) is 4.39 Å². The van der Waals surface area contributed by atoms with E-state index in [1.54, 1.807) is 12.1 Å². The predicted molar refractivity (Wildman–Crippen MR) is 85.3 cm³/mol. The third kappa shape index (κ3) is 5.24. The number of halogens is 1. The molecule has 0 fully saturated rings. The van der Waals surface area contributed by atoms with E-state index in [4.69, 9.17) is 0 Å². The first-order valence-corrected chi connectivity index (χ1v) is 7.85. The Morgan fingerprint density at radius 2 is 1.75 bits per heavy atom. The average Bonchev–Trinajstić information content (AvgIpc) is 2.40. The number of hydrogen-bond donors (Lipinski definition) is 1. The summed E-state index contributed by atoms with van der Waals surface area (Å²) in [6, 6.07) is 7.26. The Labute approximate surface area is 124 Å². The van der Waals surface area contributed by atoms with Crippen LogP contribution in [0.4, 0.5) is 4.39 Å². The Kier molecular flexibility index (Phi) is 6.67. The van der Waals surface area contributed by atoms with Gasteiger partial charge in [-0.05, 0) is 35.4 Å². The van der Waals surface area contributed by atoms with Gasteiger partial charge in [0.1, 0.15) is 5.82 Å². The lowest BCUT2D eigenvalue weighted by Gasteiger charge is -2.32. The standard InChI is InChI=1S/C18H30FN/c1-6-7-8-17(15-9-11-16(19)12-10-15)20-13-18(4,5)14(2)3/h9-12,14,17,20H,6-8,13H2,1-5H3. The summed E-state index contributed by atoms with van der Waals surface area (Å²) in [7, 11) is 0. The summed E-state index contributed by atoms with van der Waals surface area (Å²) in [5.41, 5.74) is 1.46. The van der Waals surface area contributed by atoms with Crippen LogP contribution in [0, 0.1) is 17.2 Å². The van der Waals surface area contributed by atoms with Gasteiger partial charge in [0.2, 0.25) is 0 Å². The fourth-order valence-electron chi connectivity index (χ4n) is 2.08. The van der Waals surface area contributed by atoms with E-state index in [1.165, 1.54) is 18.4 Å². The van der Waals surface area contributed by atoms with Crippen LogP contribution in [-0.4, -0.2) is 6.54 Å². The smallest absolute Gasteiger partial charge is 0.123 e. The van der Waals surface area contributed by atoms with Gasteiger partial charge in [-0.2, -0.15) is 0 Å². The SMILES string of the molecule is CCCCC(NCC(C)(C)C(C)C)c1ccc(F)cc1. The van der Waals surface area contributed by atoms with Crippen molar-refractivity contribution in [2.45, 2.75) is 59.9 Å². The van der Waals surface area contributed by atoms with Crippen LogP contribution in [-0.2, 0) is 0 Å². The van der Waals surface area contributed by atoms with E-state index in [-0.39, 0.29) is 11.2 Å².